The van der Waals surface area contributed by atoms with Crippen LogP contribution in [-0.4, -0.2) is 44.7 Å². The van der Waals surface area contributed by atoms with E-state index in [1.807, 2.05) is 18.2 Å². The SMILES string of the molecule is COc1cc(-c2ccn3nc(Nc4cccc(CNC(=O)c5ccc(F)cc5)n4)cc3n2)cnc1OC. The zero-order valence-corrected chi connectivity index (χ0v) is 20.0. The van der Waals surface area contributed by atoms with Crippen LogP contribution in [0.4, 0.5) is 16.0 Å². The van der Waals surface area contributed by atoms with Crippen LogP contribution in [0, 0.1) is 5.82 Å². The second-order valence-electron chi connectivity index (χ2n) is 7.91. The maximum Gasteiger partial charge on any atom is 0.256 e. The normalized spacial score (nSPS) is 10.8. The molecule has 5 aromatic rings. The molecular weight excluding hydrogens is 477 g/mol. The van der Waals surface area contributed by atoms with E-state index in [9.17, 15) is 9.18 Å². The highest BCUT2D eigenvalue weighted by Crippen LogP contribution is 2.29. The van der Waals surface area contributed by atoms with Gasteiger partial charge in [0.25, 0.3) is 11.8 Å². The molecule has 2 N–H and O–H groups in total. The Morgan fingerprint density at radius 3 is 2.62 bits per heavy atom. The first-order valence-corrected chi connectivity index (χ1v) is 11.2. The summed E-state index contributed by atoms with van der Waals surface area (Å²) in [5.74, 6) is 1.31. The van der Waals surface area contributed by atoms with Crippen LogP contribution in [0.2, 0.25) is 0 Å². The van der Waals surface area contributed by atoms with Crippen LogP contribution >= 0.6 is 0 Å². The van der Waals surface area contributed by atoms with Crippen molar-refractivity contribution in [1.29, 1.82) is 0 Å². The maximum absolute atomic E-state index is 13.1. The summed E-state index contributed by atoms with van der Waals surface area (Å²) in [5.41, 5.74) is 3.11. The largest absolute Gasteiger partial charge is 0.491 e. The molecule has 0 spiro atoms. The van der Waals surface area contributed by atoms with Crippen molar-refractivity contribution in [2.24, 2.45) is 0 Å². The molecule has 11 heteroatoms. The summed E-state index contributed by atoms with van der Waals surface area (Å²) in [5, 5.41) is 10.4. The van der Waals surface area contributed by atoms with Crippen molar-refractivity contribution in [3.05, 3.63) is 90.1 Å². The molecule has 4 heterocycles. The van der Waals surface area contributed by atoms with Crippen LogP contribution in [0.5, 0.6) is 11.6 Å². The van der Waals surface area contributed by atoms with Gasteiger partial charge in [0, 0.05) is 29.6 Å². The molecule has 0 aliphatic heterocycles. The van der Waals surface area contributed by atoms with E-state index in [0.29, 0.717) is 45.9 Å². The number of rotatable bonds is 8. The van der Waals surface area contributed by atoms with Gasteiger partial charge in [-0.15, -0.1) is 5.10 Å². The van der Waals surface area contributed by atoms with Gasteiger partial charge in [0.05, 0.1) is 32.2 Å². The van der Waals surface area contributed by atoms with Crippen LogP contribution in [0.15, 0.2) is 73.1 Å². The zero-order valence-electron chi connectivity index (χ0n) is 20.0. The molecule has 0 fully saturated rings. The van der Waals surface area contributed by atoms with E-state index in [4.69, 9.17) is 9.47 Å². The van der Waals surface area contributed by atoms with E-state index in [1.54, 1.807) is 42.2 Å². The van der Waals surface area contributed by atoms with Crippen molar-refractivity contribution >= 4 is 23.2 Å². The molecule has 1 amide bonds. The third kappa shape index (κ3) is 5.30. The Labute approximate surface area is 211 Å². The number of anilines is 2. The fourth-order valence-corrected chi connectivity index (χ4v) is 3.63. The average Bonchev–Trinajstić information content (AvgIpc) is 3.33. The van der Waals surface area contributed by atoms with E-state index in [1.165, 1.54) is 31.4 Å². The maximum atomic E-state index is 13.1. The number of ether oxygens (including phenoxy) is 2. The quantitative estimate of drug-likeness (QED) is 0.329. The number of carbonyl (C=O) groups is 1. The number of hydrogen-bond donors (Lipinski definition) is 2. The molecule has 0 radical (unpaired) electrons. The number of pyridine rings is 2. The van der Waals surface area contributed by atoms with E-state index >= 15 is 0 Å². The highest BCUT2D eigenvalue weighted by atomic mass is 19.1. The summed E-state index contributed by atoms with van der Waals surface area (Å²) < 4.78 is 25.3. The number of hydrogen-bond acceptors (Lipinski definition) is 8. The molecule has 0 bridgehead atoms. The lowest BCUT2D eigenvalue weighted by Crippen LogP contribution is -2.23. The van der Waals surface area contributed by atoms with Gasteiger partial charge in [-0.1, -0.05) is 6.07 Å². The summed E-state index contributed by atoms with van der Waals surface area (Å²) in [6.45, 7) is 0.209. The Morgan fingerprint density at radius 2 is 1.84 bits per heavy atom. The van der Waals surface area contributed by atoms with Gasteiger partial charge in [-0.3, -0.25) is 4.79 Å². The van der Waals surface area contributed by atoms with Gasteiger partial charge in [-0.25, -0.2) is 23.9 Å². The summed E-state index contributed by atoms with van der Waals surface area (Å²) in [6.07, 6.45) is 3.47. The Bertz CT molecular complexity index is 1570. The van der Waals surface area contributed by atoms with Crippen molar-refractivity contribution in [2.45, 2.75) is 6.54 Å². The molecule has 0 atom stereocenters. The summed E-state index contributed by atoms with van der Waals surface area (Å²) in [7, 11) is 3.08. The third-order valence-corrected chi connectivity index (χ3v) is 5.45. The van der Waals surface area contributed by atoms with Crippen LogP contribution in [0.3, 0.4) is 0 Å². The van der Waals surface area contributed by atoms with E-state index in [-0.39, 0.29) is 12.5 Å². The van der Waals surface area contributed by atoms with Crippen molar-refractivity contribution in [3.63, 3.8) is 0 Å². The molecule has 1 aromatic carbocycles. The van der Waals surface area contributed by atoms with Crippen LogP contribution in [0.25, 0.3) is 16.9 Å². The second kappa shape index (κ2) is 10.3. The van der Waals surface area contributed by atoms with Gasteiger partial charge < -0.3 is 20.1 Å². The lowest BCUT2D eigenvalue weighted by molar-refractivity contribution is 0.0950. The number of nitrogens with one attached hydrogen (secondary N) is 2. The molecule has 4 aromatic heterocycles. The number of amides is 1. The zero-order chi connectivity index (χ0) is 25.8. The first-order chi connectivity index (χ1) is 18.0. The van der Waals surface area contributed by atoms with E-state index in [0.717, 1.165) is 5.56 Å². The smallest absolute Gasteiger partial charge is 0.256 e. The van der Waals surface area contributed by atoms with Gasteiger partial charge in [-0.05, 0) is 48.5 Å². The number of halogens is 1. The van der Waals surface area contributed by atoms with Crippen LogP contribution in [-0.2, 0) is 6.54 Å². The summed E-state index contributed by atoms with van der Waals surface area (Å²) in [4.78, 5) is 25.8. The minimum absolute atomic E-state index is 0.209. The standard InChI is InChI=1S/C26H22FN7O3/c1-36-21-12-17(14-29-26(21)37-2)20-10-11-34-24(31-20)13-23(33-34)32-22-5-3-4-19(30-22)15-28-25(35)16-6-8-18(27)9-7-16/h3-14H,15H2,1-2H3,(H,28,35)(H,30,32,33). The van der Waals surface area contributed by atoms with Gasteiger partial charge in [0.1, 0.15) is 11.6 Å². The molecule has 10 nitrogen and oxygen atoms in total. The summed E-state index contributed by atoms with van der Waals surface area (Å²) in [6, 6.07) is 16.2. The highest BCUT2D eigenvalue weighted by Gasteiger charge is 2.11. The Hall–Kier alpha value is -5.06. The van der Waals surface area contributed by atoms with Crippen molar-refractivity contribution in [3.8, 4) is 22.9 Å². The Kier molecular flexibility index (Phi) is 6.58. The van der Waals surface area contributed by atoms with Crippen molar-refractivity contribution in [1.82, 2.24) is 29.9 Å². The Morgan fingerprint density at radius 1 is 1.00 bits per heavy atom. The minimum atomic E-state index is -0.395. The molecule has 0 aliphatic carbocycles. The molecule has 0 saturated heterocycles. The molecule has 0 saturated carbocycles. The second-order valence-corrected chi connectivity index (χ2v) is 7.91. The topological polar surface area (TPSA) is 116 Å². The molecule has 37 heavy (non-hydrogen) atoms. The van der Waals surface area contributed by atoms with Crippen LogP contribution < -0.4 is 20.1 Å². The fraction of sp³-hybridized carbons (Fsp3) is 0.115. The lowest BCUT2D eigenvalue weighted by atomic mass is 10.2. The third-order valence-electron chi connectivity index (χ3n) is 5.45. The summed E-state index contributed by atoms with van der Waals surface area (Å²) >= 11 is 0. The first kappa shape index (κ1) is 23.7. The molecule has 0 unspecified atom stereocenters. The van der Waals surface area contributed by atoms with Gasteiger partial charge >= 0.3 is 0 Å². The average molecular weight is 500 g/mol. The molecule has 186 valence electrons. The Balaban J connectivity index is 1.29. The van der Waals surface area contributed by atoms with Gasteiger partial charge in [0.15, 0.2) is 17.2 Å². The van der Waals surface area contributed by atoms with Crippen molar-refractivity contribution in [2.75, 3.05) is 19.5 Å². The van der Waals surface area contributed by atoms with E-state index in [2.05, 4.69) is 30.7 Å². The lowest BCUT2D eigenvalue weighted by Gasteiger charge is -2.08. The number of aromatic nitrogens is 5. The number of methoxy groups -OCH3 is 2. The predicted octanol–water partition coefficient (Wildman–Crippen LogP) is 4.02. The number of carbonyl (C=O) groups excluding carboxylic acids is 1. The number of fused-ring (bicyclic) bond motifs is 1. The number of benzene rings is 1. The minimum Gasteiger partial charge on any atom is -0.491 e. The predicted molar refractivity (Wildman–Crippen MR) is 134 cm³/mol. The monoisotopic (exact) mass is 499 g/mol. The van der Waals surface area contributed by atoms with Crippen LogP contribution in [0.1, 0.15) is 16.1 Å². The van der Waals surface area contributed by atoms with Crippen molar-refractivity contribution < 1.29 is 18.7 Å². The molecular formula is C26H22FN7O3. The van der Waals surface area contributed by atoms with E-state index < -0.39 is 5.82 Å². The number of nitrogens with zero attached hydrogens (tertiary/aromatic N) is 5. The molecule has 0 aliphatic rings. The van der Waals surface area contributed by atoms with Gasteiger partial charge in [-0.2, -0.15) is 0 Å². The highest BCUT2D eigenvalue weighted by molar-refractivity contribution is 5.94. The fourth-order valence-electron chi connectivity index (χ4n) is 3.63. The molecule has 5 rings (SSSR count). The van der Waals surface area contributed by atoms with Gasteiger partial charge in [0.2, 0.25) is 0 Å². The first-order valence-electron chi connectivity index (χ1n) is 11.2.